The summed E-state index contributed by atoms with van der Waals surface area (Å²) in [6.45, 7) is 0.0876. The molecule has 1 saturated carbocycles. The zero-order valence-electron chi connectivity index (χ0n) is 14.0. The predicted molar refractivity (Wildman–Crippen MR) is 95.1 cm³/mol. The van der Waals surface area contributed by atoms with Crippen molar-refractivity contribution in [3.8, 4) is 0 Å². The fourth-order valence-corrected chi connectivity index (χ4v) is 4.10. The van der Waals surface area contributed by atoms with E-state index >= 15 is 0 Å². The van der Waals surface area contributed by atoms with Gasteiger partial charge in [-0.15, -0.1) is 0 Å². The Morgan fingerprint density at radius 3 is 2.32 bits per heavy atom. The van der Waals surface area contributed by atoms with Gasteiger partial charge in [-0.1, -0.05) is 42.1 Å². The number of benzene rings is 1. The van der Waals surface area contributed by atoms with E-state index in [2.05, 4.69) is 0 Å². The maximum absolute atomic E-state index is 12.5. The first kappa shape index (κ1) is 18.2. The minimum absolute atomic E-state index is 0.194. The molecule has 2 atom stereocenters. The van der Waals surface area contributed by atoms with Crippen LogP contribution in [-0.4, -0.2) is 41.1 Å². The van der Waals surface area contributed by atoms with Crippen molar-refractivity contribution in [1.82, 2.24) is 9.80 Å². The normalized spacial score (nSPS) is 22.9. The molecule has 0 spiro atoms. The molecule has 1 aliphatic heterocycles. The number of fused-ring (bicyclic) bond motifs is 1. The van der Waals surface area contributed by atoms with Crippen molar-refractivity contribution in [1.29, 1.82) is 0 Å². The number of amides is 3. The van der Waals surface area contributed by atoms with Crippen molar-refractivity contribution in [3.63, 3.8) is 0 Å². The van der Waals surface area contributed by atoms with Crippen LogP contribution >= 0.6 is 23.2 Å². The molecule has 1 saturated heterocycles. The molecule has 3 amide bonds. The topological polar surface area (TPSA) is 57.7 Å². The van der Waals surface area contributed by atoms with Gasteiger partial charge < -0.3 is 4.90 Å². The van der Waals surface area contributed by atoms with Crippen LogP contribution in [0.2, 0.25) is 10.0 Å². The molecule has 0 radical (unpaired) electrons. The van der Waals surface area contributed by atoms with E-state index in [1.165, 1.54) is 4.90 Å². The fraction of sp³-hybridized carbons (Fsp3) is 0.500. The lowest BCUT2D eigenvalue weighted by molar-refractivity contribution is -0.146. The Balaban J connectivity index is 1.65. The largest absolute Gasteiger partial charge is 0.340 e. The number of imide groups is 1. The Labute approximate surface area is 156 Å². The third kappa shape index (κ3) is 3.67. The van der Waals surface area contributed by atoms with Gasteiger partial charge in [-0.2, -0.15) is 0 Å². The first-order valence-electron chi connectivity index (χ1n) is 8.41. The SMILES string of the molecule is CN(Cc1ccc(Cl)cc1Cl)C(=O)CN1C(=O)[C@H]2CCCC[C@@H]2C1=O. The number of carbonyl (C=O) groups is 3. The molecule has 1 aromatic carbocycles. The van der Waals surface area contributed by atoms with Gasteiger partial charge >= 0.3 is 0 Å². The average molecular weight is 383 g/mol. The average Bonchev–Trinajstić information content (AvgIpc) is 2.82. The lowest BCUT2D eigenvalue weighted by atomic mass is 9.81. The zero-order valence-corrected chi connectivity index (χ0v) is 15.5. The summed E-state index contributed by atoms with van der Waals surface area (Å²) in [6, 6.07) is 5.09. The fourth-order valence-electron chi connectivity index (χ4n) is 3.64. The summed E-state index contributed by atoms with van der Waals surface area (Å²) in [4.78, 5) is 40.0. The molecular weight excluding hydrogens is 363 g/mol. The smallest absolute Gasteiger partial charge is 0.242 e. The number of likely N-dealkylation sites (N-methyl/N-ethyl adjacent to an activating group) is 1. The number of nitrogens with zero attached hydrogens (tertiary/aromatic N) is 2. The van der Waals surface area contributed by atoms with Crippen LogP contribution in [0.1, 0.15) is 31.2 Å². The highest BCUT2D eigenvalue weighted by atomic mass is 35.5. The number of carbonyl (C=O) groups excluding carboxylic acids is 3. The lowest BCUT2D eigenvalue weighted by Gasteiger charge is -2.21. The molecule has 25 heavy (non-hydrogen) atoms. The number of likely N-dealkylation sites (tertiary alicyclic amines) is 1. The van der Waals surface area contributed by atoms with Gasteiger partial charge in [0.1, 0.15) is 6.54 Å². The van der Waals surface area contributed by atoms with Gasteiger partial charge in [0.05, 0.1) is 11.8 Å². The first-order valence-corrected chi connectivity index (χ1v) is 9.17. The van der Waals surface area contributed by atoms with Gasteiger partial charge in [0.15, 0.2) is 0 Å². The molecule has 2 fully saturated rings. The highest BCUT2D eigenvalue weighted by molar-refractivity contribution is 6.35. The standard InChI is InChI=1S/C18H20Cl2N2O3/c1-21(9-11-6-7-12(19)8-15(11)20)16(23)10-22-17(24)13-4-2-3-5-14(13)18(22)25/h6-8,13-14H,2-5,9-10H2,1H3/t13-,14-/m0/s1. The van der Waals surface area contributed by atoms with Crippen LogP contribution in [0.5, 0.6) is 0 Å². The van der Waals surface area contributed by atoms with E-state index in [1.807, 2.05) is 0 Å². The van der Waals surface area contributed by atoms with Crippen LogP contribution < -0.4 is 0 Å². The Bertz CT molecular complexity index is 698. The van der Waals surface area contributed by atoms with E-state index < -0.39 is 0 Å². The molecule has 134 valence electrons. The van der Waals surface area contributed by atoms with Gasteiger partial charge in [-0.05, 0) is 30.5 Å². The van der Waals surface area contributed by atoms with Crippen LogP contribution in [-0.2, 0) is 20.9 Å². The summed E-state index contributed by atoms with van der Waals surface area (Å²) in [7, 11) is 1.63. The van der Waals surface area contributed by atoms with E-state index in [0.29, 0.717) is 10.0 Å². The quantitative estimate of drug-likeness (QED) is 0.751. The van der Waals surface area contributed by atoms with Crippen LogP contribution in [0, 0.1) is 11.8 Å². The molecule has 0 N–H and O–H groups in total. The van der Waals surface area contributed by atoms with Crippen LogP contribution in [0.25, 0.3) is 0 Å². The summed E-state index contributed by atoms with van der Waals surface area (Å²) in [6.07, 6.45) is 3.43. The second-order valence-corrected chi connectivity index (χ2v) is 7.59. The van der Waals surface area contributed by atoms with Crippen LogP contribution in [0.4, 0.5) is 0 Å². The molecule has 1 heterocycles. The van der Waals surface area contributed by atoms with Crippen LogP contribution in [0.3, 0.4) is 0 Å². The Morgan fingerprint density at radius 2 is 1.76 bits per heavy atom. The molecule has 7 heteroatoms. The lowest BCUT2D eigenvalue weighted by Crippen LogP contribution is -2.41. The summed E-state index contributed by atoms with van der Waals surface area (Å²) in [5, 5.41) is 1.00. The second kappa shape index (κ2) is 7.34. The molecular formula is C18H20Cl2N2O3. The third-order valence-corrected chi connectivity index (χ3v) is 5.66. The first-order chi connectivity index (χ1) is 11.9. The van der Waals surface area contributed by atoms with Crippen molar-refractivity contribution >= 4 is 40.9 Å². The number of halogens is 2. The molecule has 0 bridgehead atoms. The third-order valence-electron chi connectivity index (χ3n) is 5.07. The van der Waals surface area contributed by atoms with Gasteiger partial charge in [0.2, 0.25) is 17.7 Å². The monoisotopic (exact) mass is 382 g/mol. The van der Waals surface area contributed by atoms with Crippen molar-refractivity contribution in [2.45, 2.75) is 32.2 Å². The van der Waals surface area contributed by atoms with E-state index in [1.54, 1.807) is 25.2 Å². The predicted octanol–water partition coefficient (Wildman–Crippen LogP) is 3.13. The van der Waals surface area contributed by atoms with E-state index in [0.717, 1.165) is 36.1 Å². The maximum atomic E-state index is 12.5. The molecule has 2 aliphatic rings. The number of rotatable bonds is 4. The van der Waals surface area contributed by atoms with E-state index in [4.69, 9.17) is 23.2 Å². The van der Waals surface area contributed by atoms with E-state index in [9.17, 15) is 14.4 Å². The Hall–Kier alpha value is -1.59. The Kier molecular flexibility index (Phi) is 5.35. The Morgan fingerprint density at radius 1 is 1.16 bits per heavy atom. The minimum Gasteiger partial charge on any atom is -0.340 e. The minimum atomic E-state index is -0.286. The molecule has 1 aliphatic carbocycles. The van der Waals surface area contributed by atoms with Crippen molar-refractivity contribution in [2.24, 2.45) is 11.8 Å². The number of hydrogen-bond donors (Lipinski definition) is 0. The van der Waals surface area contributed by atoms with E-state index in [-0.39, 0.29) is 42.6 Å². The number of hydrogen-bond acceptors (Lipinski definition) is 3. The van der Waals surface area contributed by atoms with Gasteiger partial charge in [-0.3, -0.25) is 19.3 Å². The van der Waals surface area contributed by atoms with Crippen molar-refractivity contribution < 1.29 is 14.4 Å². The summed E-state index contributed by atoms with van der Waals surface area (Å²) < 4.78 is 0. The van der Waals surface area contributed by atoms with Gasteiger partial charge in [0, 0.05) is 23.6 Å². The highest BCUT2D eigenvalue weighted by Crippen LogP contribution is 2.37. The molecule has 0 unspecified atom stereocenters. The summed E-state index contributed by atoms with van der Waals surface area (Å²) in [5.41, 5.74) is 0.759. The zero-order chi connectivity index (χ0) is 18.1. The van der Waals surface area contributed by atoms with Gasteiger partial charge in [-0.25, -0.2) is 0 Å². The highest BCUT2D eigenvalue weighted by Gasteiger charge is 2.48. The molecule has 5 nitrogen and oxygen atoms in total. The summed E-state index contributed by atoms with van der Waals surface area (Å²) >= 11 is 12.0. The van der Waals surface area contributed by atoms with Crippen molar-refractivity contribution in [2.75, 3.05) is 13.6 Å². The molecule has 3 rings (SSSR count). The van der Waals surface area contributed by atoms with Crippen LogP contribution in [0.15, 0.2) is 18.2 Å². The van der Waals surface area contributed by atoms with Gasteiger partial charge in [0.25, 0.3) is 0 Å². The van der Waals surface area contributed by atoms with Crippen molar-refractivity contribution in [3.05, 3.63) is 33.8 Å². The second-order valence-electron chi connectivity index (χ2n) is 6.75. The molecule has 0 aromatic heterocycles. The summed E-state index contributed by atoms with van der Waals surface area (Å²) in [5.74, 6) is -1.14. The molecule has 1 aromatic rings. The maximum Gasteiger partial charge on any atom is 0.242 e.